The molecule has 0 unspecified atom stereocenters. The zero-order chi connectivity index (χ0) is 18.2. The van der Waals surface area contributed by atoms with E-state index in [1.165, 1.54) is 64.0 Å². The van der Waals surface area contributed by atoms with Crippen LogP contribution in [-0.2, 0) is 19.5 Å². The van der Waals surface area contributed by atoms with Gasteiger partial charge in [0.15, 0.2) is 0 Å². The van der Waals surface area contributed by atoms with Gasteiger partial charge in [0.25, 0.3) is 0 Å². The van der Waals surface area contributed by atoms with Gasteiger partial charge in [-0.05, 0) is 55.4 Å². The average molecular weight is 379 g/mol. The van der Waals surface area contributed by atoms with E-state index in [1.807, 2.05) is 30.7 Å². The lowest BCUT2D eigenvalue weighted by atomic mass is 9.88. The second kappa shape index (κ2) is 7.28. The van der Waals surface area contributed by atoms with Crippen molar-refractivity contribution < 1.29 is 0 Å². The molecule has 1 fully saturated rings. The van der Waals surface area contributed by atoms with Crippen LogP contribution in [0.4, 0.5) is 0 Å². The minimum absolute atomic E-state index is 0.735. The minimum atomic E-state index is 0.735. The zero-order valence-electron chi connectivity index (χ0n) is 15.9. The Hall–Kier alpha value is -1.85. The fourth-order valence-corrected chi connectivity index (χ4v) is 5.88. The molecule has 5 heteroatoms. The minimum Gasteiger partial charge on any atom is -0.293 e. The highest BCUT2D eigenvalue weighted by Gasteiger charge is 2.22. The maximum Gasteiger partial charge on any atom is 0.127 e. The molecule has 1 aliphatic carbocycles. The van der Waals surface area contributed by atoms with Crippen LogP contribution in [0.2, 0.25) is 0 Å². The van der Waals surface area contributed by atoms with Crippen LogP contribution in [0.5, 0.6) is 0 Å². The Bertz CT molecular complexity index is 958. The lowest BCUT2D eigenvalue weighted by molar-refractivity contribution is 0.243. The van der Waals surface area contributed by atoms with Gasteiger partial charge in [0.1, 0.15) is 10.7 Å². The predicted molar refractivity (Wildman–Crippen MR) is 110 cm³/mol. The summed E-state index contributed by atoms with van der Waals surface area (Å²) >= 11 is 1.90. The molecule has 0 bridgehead atoms. The van der Waals surface area contributed by atoms with Crippen molar-refractivity contribution in [2.45, 2.75) is 64.5 Å². The van der Waals surface area contributed by atoms with E-state index in [0.29, 0.717) is 0 Å². The first-order valence-electron chi connectivity index (χ1n) is 10.2. The second-order valence-electron chi connectivity index (χ2n) is 8.03. The van der Waals surface area contributed by atoms with Crippen LogP contribution >= 0.6 is 11.3 Å². The van der Waals surface area contributed by atoms with Gasteiger partial charge < -0.3 is 0 Å². The molecule has 0 atom stereocenters. The third kappa shape index (κ3) is 3.50. The Morgan fingerprint density at radius 1 is 1.15 bits per heavy atom. The number of thiophene rings is 1. The van der Waals surface area contributed by atoms with E-state index in [1.54, 1.807) is 0 Å². The molecule has 0 saturated heterocycles. The fraction of sp³-hybridized carbons (Fsp3) is 0.500. The molecule has 4 nitrogen and oxygen atoms in total. The first kappa shape index (κ1) is 17.3. The Balaban J connectivity index is 1.43. The molecule has 4 heterocycles. The molecule has 0 aromatic carbocycles. The number of hydrogen-bond acceptors (Lipinski definition) is 5. The van der Waals surface area contributed by atoms with Crippen molar-refractivity contribution in [2.75, 3.05) is 6.54 Å². The molecule has 140 valence electrons. The van der Waals surface area contributed by atoms with Gasteiger partial charge in [-0.2, -0.15) is 0 Å². The summed E-state index contributed by atoms with van der Waals surface area (Å²) in [6.45, 7) is 4.97. The first-order valence-corrected chi connectivity index (χ1v) is 11.0. The van der Waals surface area contributed by atoms with Gasteiger partial charge in [-0.25, -0.2) is 9.97 Å². The molecular formula is C22H26N4S. The molecule has 1 aliphatic heterocycles. The van der Waals surface area contributed by atoms with Crippen molar-refractivity contribution in [1.29, 1.82) is 0 Å². The maximum atomic E-state index is 4.85. The summed E-state index contributed by atoms with van der Waals surface area (Å²) in [5.41, 5.74) is 4.00. The second-order valence-corrected chi connectivity index (χ2v) is 9.09. The summed E-state index contributed by atoms with van der Waals surface area (Å²) in [4.78, 5) is 19.1. The van der Waals surface area contributed by atoms with Crippen LogP contribution in [0.1, 0.15) is 65.5 Å². The first-order chi connectivity index (χ1) is 13.3. The van der Waals surface area contributed by atoms with Crippen LogP contribution in [0.25, 0.3) is 10.2 Å². The summed E-state index contributed by atoms with van der Waals surface area (Å²) in [7, 11) is 0. The van der Waals surface area contributed by atoms with Crippen LogP contribution in [0.3, 0.4) is 0 Å². The summed E-state index contributed by atoms with van der Waals surface area (Å²) < 4.78 is 0. The lowest BCUT2D eigenvalue weighted by Crippen LogP contribution is -2.30. The monoisotopic (exact) mass is 378 g/mol. The third-order valence-electron chi connectivity index (χ3n) is 6.08. The van der Waals surface area contributed by atoms with E-state index >= 15 is 0 Å². The normalized spacial score (nSPS) is 18.7. The fourth-order valence-electron chi connectivity index (χ4n) is 4.61. The van der Waals surface area contributed by atoms with Crippen molar-refractivity contribution in [3.05, 3.63) is 52.0 Å². The van der Waals surface area contributed by atoms with E-state index in [0.717, 1.165) is 37.8 Å². The summed E-state index contributed by atoms with van der Waals surface area (Å²) in [5, 5.41) is 1.28. The third-order valence-corrected chi connectivity index (χ3v) is 7.27. The molecule has 0 amide bonds. The molecule has 5 rings (SSSR count). The van der Waals surface area contributed by atoms with Crippen LogP contribution in [0.15, 0.2) is 24.5 Å². The van der Waals surface area contributed by atoms with E-state index < -0.39 is 0 Å². The highest BCUT2D eigenvalue weighted by molar-refractivity contribution is 7.18. The Labute approximate surface area is 164 Å². The van der Waals surface area contributed by atoms with Gasteiger partial charge in [0, 0.05) is 42.3 Å². The summed E-state index contributed by atoms with van der Waals surface area (Å²) in [6, 6.07) is 4.57. The van der Waals surface area contributed by atoms with E-state index in [9.17, 15) is 0 Å². The number of pyridine rings is 1. The molecule has 1 saturated carbocycles. The molecule has 3 aromatic rings. The van der Waals surface area contributed by atoms with Crippen molar-refractivity contribution in [1.82, 2.24) is 19.9 Å². The number of hydrogen-bond donors (Lipinski definition) is 0. The van der Waals surface area contributed by atoms with Gasteiger partial charge in [0.2, 0.25) is 0 Å². The number of nitrogens with zero attached hydrogens (tertiary/aromatic N) is 4. The highest BCUT2D eigenvalue weighted by Crippen LogP contribution is 2.39. The predicted octanol–water partition coefficient (Wildman–Crippen LogP) is 5.00. The van der Waals surface area contributed by atoms with Crippen molar-refractivity contribution >= 4 is 21.6 Å². The van der Waals surface area contributed by atoms with E-state index in [4.69, 9.17) is 9.97 Å². The Morgan fingerprint density at radius 2 is 2.04 bits per heavy atom. The summed E-state index contributed by atoms with van der Waals surface area (Å²) in [6.07, 6.45) is 11.8. The van der Waals surface area contributed by atoms with Gasteiger partial charge in [0.05, 0.1) is 5.69 Å². The molecule has 0 radical (unpaired) electrons. The Morgan fingerprint density at radius 3 is 2.93 bits per heavy atom. The summed E-state index contributed by atoms with van der Waals surface area (Å²) in [5.74, 6) is 1.63. The number of rotatable bonds is 3. The van der Waals surface area contributed by atoms with Crippen LogP contribution in [-0.4, -0.2) is 26.4 Å². The molecule has 3 aromatic heterocycles. The maximum absolute atomic E-state index is 4.85. The van der Waals surface area contributed by atoms with Gasteiger partial charge in [-0.3, -0.25) is 9.88 Å². The van der Waals surface area contributed by atoms with E-state index in [2.05, 4.69) is 22.0 Å². The standard InChI is InChI=1S/C22H26N4S/c1-15-24-20(14-26-10-8-16-7-9-23-12-18(16)13-26)19-11-21(27-22(19)25-15)17-5-3-2-4-6-17/h7,9,11-12,17H,2-6,8,10,13-14H2,1H3. The number of aromatic nitrogens is 3. The topological polar surface area (TPSA) is 41.9 Å². The number of fused-ring (bicyclic) bond motifs is 2. The largest absolute Gasteiger partial charge is 0.293 e. The molecule has 0 spiro atoms. The molecule has 27 heavy (non-hydrogen) atoms. The highest BCUT2D eigenvalue weighted by atomic mass is 32.1. The Kier molecular flexibility index (Phi) is 4.66. The SMILES string of the molecule is Cc1nc(CN2CCc3ccncc3C2)c2cc(C3CCCCC3)sc2n1. The van der Waals surface area contributed by atoms with Crippen molar-refractivity contribution in [2.24, 2.45) is 0 Å². The molecule has 2 aliphatic rings. The van der Waals surface area contributed by atoms with Crippen LogP contribution < -0.4 is 0 Å². The van der Waals surface area contributed by atoms with E-state index in [-0.39, 0.29) is 0 Å². The quantitative estimate of drug-likeness (QED) is 0.643. The lowest BCUT2D eigenvalue weighted by Gasteiger charge is -2.28. The van der Waals surface area contributed by atoms with Gasteiger partial charge in [-0.15, -0.1) is 11.3 Å². The van der Waals surface area contributed by atoms with Gasteiger partial charge in [-0.1, -0.05) is 19.3 Å². The molecular weight excluding hydrogens is 352 g/mol. The van der Waals surface area contributed by atoms with Crippen molar-refractivity contribution in [3.8, 4) is 0 Å². The zero-order valence-corrected chi connectivity index (χ0v) is 16.8. The van der Waals surface area contributed by atoms with Crippen molar-refractivity contribution in [3.63, 3.8) is 0 Å². The average Bonchev–Trinajstić information content (AvgIpc) is 3.13. The smallest absolute Gasteiger partial charge is 0.127 e. The van der Waals surface area contributed by atoms with Gasteiger partial charge >= 0.3 is 0 Å². The number of aryl methyl sites for hydroxylation is 1. The van der Waals surface area contributed by atoms with Crippen LogP contribution in [0, 0.1) is 6.92 Å². The molecule has 0 N–H and O–H groups in total.